The smallest absolute Gasteiger partial charge is 0.222 e. The van der Waals surface area contributed by atoms with Crippen LogP contribution in [-0.2, 0) is 14.8 Å². The van der Waals surface area contributed by atoms with Crippen LogP contribution in [0.15, 0.2) is 48.5 Å². The lowest BCUT2D eigenvalue weighted by atomic mass is 9.62. The molecule has 2 saturated heterocycles. The third kappa shape index (κ3) is 3.23. The number of aliphatic hydroxyl groups is 1. The first-order chi connectivity index (χ1) is 14.2. The summed E-state index contributed by atoms with van der Waals surface area (Å²) in [4.78, 5) is 13.8. The molecule has 0 saturated carbocycles. The molecule has 2 atom stereocenters. The normalized spacial score (nSPS) is 23.1. The maximum Gasteiger partial charge on any atom is 0.222 e. The number of carbonyl (C=O) groups excluding carboxylic acids is 1. The quantitative estimate of drug-likeness (QED) is 0.786. The van der Waals surface area contributed by atoms with Gasteiger partial charge in [0.25, 0.3) is 0 Å². The molecule has 6 nitrogen and oxygen atoms in total. The number of aliphatic hydroxyl groups excluding tert-OH is 1. The first-order valence-electron chi connectivity index (χ1n) is 9.95. The van der Waals surface area contributed by atoms with Crippen LogP contribution in [0, 0.1) is 5.82 Å². The van der Waals surface area contributed by atoms with Crippen molar-refractivity contribution in [2.75, 3.05) is 26.0 Å². The van der Waals surface area contributed by atoms with E-state index in [0.717, 1.165) is 22.9 Å². The highest BCUT2D eigenvalue weighted by atomic mass is 32.2. The highest BCUT2D eigenvalue weighted by Gasteiger charge is 2.69. The Morgan fingerprint density at radius 1 is 1.10 bits per heavy atom. The molecule has 2 aliphatic rings. The number of amides is 1. The average Bonchev–Trinajstić information content (AvgIpc) is 2.66. The van der Waals surface area contributed by atoms with Gasteiger partial charge in [0.1, 0.15) is 5.82 Å². The van der Waals surface area contributed by atoms with Crippen molar-refractivity contribution in [1.82, 2.24) is 9.21 Å². The van der Waals surface area contributed by atoms with Gasteiger partial charge in [-0.1, -0.05) is 43.3 Å². The maximum atomic E-state index is 13.2. The van der Waals surface area contributed by atoms with E-state index in [2.05, 4.69) is 0 Å². The molecule has 2 aromatic rings. The topological polar surface area (TPSA) is 77.9 Å². The number of carbonyl (C=O) groups is 1. The number of hydrogen-bond donors (Lipinski definition) is 1. The van der Waals surface area contributed by atoms with Gasteiger partial charge < -0.3 is 10.0 Å². The minimum atomic E-state index is -3.55. The standard InChI is InChI=1S/C22H25FN2O4S/c1-3-20(27)24-13-22(14-24)21(19(12-26)25(22)30(2,28)29)17-6-4-15(5-7-17)16-8-10-18(23)11-9-16/h4-11,19,21,26H,3,12-14H2,1-2H3/t19-,21+/m0/s1. The predicted octanol–water partition coefficient (Wildman–Crippen LogP) is 2.20. The number of nitrogens with zero attached hydrogens (tertiary/aromatic N) is 2. The van der Waals surface area contributed by atoms with E-state index in [0.29, 0.717) is 19.5 Å². The van der Waals surface area contributed by atoms with Crippen LogP contribution < -0.4 is 0 Å². The van der Waals surface area contributed by atoms with E-state index in [9.17, 15) is 22.7 Å². The van der Waals surface area contributed by atoms with Gasteiger partial charge >= 0.3 is 0 Å². The van der Waals surface area contributed by atoms with Crippen LogP contribution in [0.25, 0.3) is 11.1 Å². The summed E-state index contributed by atoms with van der Waals surface area (Å²) < 4.78 is 39.5. The SMILES string of the molecule is CCC(=O)N1CC2(C1)[C@H](c1ccc(-c3ccc(F)cc3)cc1)[C@H](CO)N2S(C)(=O)=O. The zero-order valence-corrected chi connectivity index (χ0v) is 17.8. The van der Waals surface area contributed by atoms with E-state index in [1.807, 2.05) is 24.3 Å². The molecule has 1 spiro atoms. The monoisotopic (exact) mass is 432 g/mol. The van der Waals surface area contributed by atoms with Crippen LogP contribution in [0.3, 0.4) is 0 Å². The van der Waals surface area contributed by atoms with Gasteiger partial charge in [-0.25, -0.2) is 12.8 Å². The van der Waals surface area contributed by atoms with Crippen molar-refractivity contribution >= 4 is 15.9 Å². The van der Waals surface area contributed by atoms with Crippen molar-refractivity contribution < 1.29 is 22.7 Å². The summed E-state index contributed by atoms with van der Waals surface area (Å²) in [5.74, 6) is -0.512. The Bertz CT molecular complexity index is 1050. The highest BCUT2D eigenvalue weighted by Crippen LogP contribution is 2.55. The molecule has 1 amide bonds. The van der Waals surface area contributed by atoms with Gasteiger partial charge in [-0.05, 0) is 28.8 Å². The van der Waals surface area contributed by atoms with Crippen molar-refractivity contribution in [3.8, 4) is 11.1 Å². The zero-order valence-electron chi connectivity index (χ0n) is 17.0. The van der Waals surface area contributed by atoms with E-state index in [1.165, 1.54) is 16.4 Å². The Hall–Kier alpha value is -2.29. The number of likely N-dealkylation sites (tertiary alicyclic amines) is 1. The largest absolute Gasteiger partial charge is 0.395 e. The fourth-order valence-corrected chi connectivity index (χ4v) is 6.61. The first-order valence-corrected chi connectivity index (χ1v) is 11.8. The number of benzene rings is 2. The van der Waals surface area contributed by atoms with Crippen LogP contribution >= 0.6 is 0 Å². The molecule has 8 heteroatoms. The summed E-state index contributed by atoms with van der Waals surface area (Å²) in [7, 11) is -3.55. The molecule has 0 unspecified atom stereocenters. The summed E-state index contributed by atoms with van der Waals surface area (Å²) in [5, 5.41) is 9.96. The minimum absolute atomic E-state index is 0.00747. The maximum absolute atomic E-state index is 13.2. The van der Waals surface area contributed by atoms with E-state index in [4.69, 9.17) is 0 Å². The number of hydrogen-bond acceptors (Lipinski definition) is 4. The van der Waals surface area contributed by atoms with Gasteiger partial charge in [0, 0.05) is 25.4 Å². The van der Waals surface area contributed by atoms with Gasteiger partial charge in [-0.15, -0.1) is 0 Å². The van der Waals surface area contributed by atoms with Gasteiger partial charge in [0.05, 0.1) is 24.4 Å². The molecule has 0 radical (unpaired) electrons. The van der Waals surface area contributed by atoms with Crippen molar-refractivity contribution in [3.63, 3.8) is 0 Å². The molecule has 0 aromatic heterocycles. The van der Waals surface area contributed by atoms with Crippen LogP contribution in [0.5, 0.6) is 0 Å². The lowest BCUT2D eigenvalue weighted by molar-refractivity contribution is -0.167. The van der Waals surface area contributed by atoms with Crippen molar-refractivity contribution in [2.45, 2.75) is 30.8 Å². The molecular weight excluding hydrogens is 407 g/mol. The third-order valence-electron chi connectivity index (χ3n) is 6.28. The fraction of sp³-hybridized carbons (Fsp3) is 0.409. The minimum Gasteiger partial charge on any atom is -0.395 e. The van der Waals surface area contributed by atoms with Gasteiger partial charge in [0.15, 0.2) is 0 Å². The lowest BCUT2D eigenvalue weighted by Crippen LogP contribution is -2.85. The lowest BCUT2D eigenvalue weighted by Gasteiger charge is -2.69. The van der Waals surface area contributed by atoms with Crippen LogP contribution in [0.1, 0.15) is 24.8 Å². The Morgan fingerprint density at radius 3 is 2.10 bits per heavy atom. The molecule has 30 heavy (non-hydrogen) atoms. The molecular formula is C22H25FN2O4S. The summed E-state index contributed by atoms with van der Waals surface area (Å²) >= 11 is 0. The summed E-state index contributed by atoms with van der Waals surface area (Å²) in [5.41, 5.74) is 2.00. The van der Waals surface area contributed by atoms with Crippen molar-refractivity contribution in [3.05, 3.63) is 59.9 Å². The molecule has 2 fully saturated rings. The van der Waals surface area contributed by atoms with Crippen LogP contribution in [0.2, 0.25) is 0 Å². The molecule has 0 bridgehead atoms. The fourth-order valence-electron chi connectivity index (χ4n) is 5.04. The number of rotatable bonds is 5. The molecule has 1 N–H and O–H groups in total. The zero-order chi connectivity index (χ0) is 21.7. The third-order valence-corrected chi connectivity index (χ3v) is 7.63. The summed E-state index contributed by atoms with van der Waals surface area (Å²) in [6.07, 6.45) is 1.52. The van der Waals surface area contributed by atoms with E-state index in [1.54, 1.807) is 24.0 Å². The molecule has 160 valence electrons. The summed E-state index contributed by atoms with van der Waals surface area (Å²) in [6.45, 7) is 2.15. The highest BCUT2D eigenvalue weighted by molar-refractivity contribution is 7.88. The summed E-state index contributed by atoms with van der Waals surface area (Å²) in [6, 6.07) is 13.4. The van der Waals surface area contributed by atoms with Crippen LogP contribution in [0.4, 0.5) is 4.39 Å². The Balaban J connectivity index is 1.66. The Morgan fingerprint density at radius 2 is 1.63 bits per heavy atom. The second-order valence-electron chi connectivity index (χ2n) is 8.12. The van der Waals surface area contributed by atoms with Gasteiger partial charge in [-0.3, -0.25) is 4.79 Å². The van der Waals surface area contributed by atoms with E-state index >= 15 is 0 Å². The van der Waals surface area contributed by atoms with Crippen molar-refractivity contribution in [1.29, 1.82) is 0 Å². The number of sulfonamides is 1. The number of halogens is 1. The second-order valence-corrected chi connectivity index (χ2v) is 9.98. The first kappa shape index (κ1) is 21.0. The molecule has 4 rings (SSSR count). The molecule has 2 aromatic carbocycles. The van der Waals surface area contributed by atoms with Gasteiger partial charge in [0.2, 0.25) is 15.9 Å². The average molecular weight is 433 g/mol. The molecule has 0 aliphatic carbocycles. The van der Waals surface area contributed by atoms with Crippen molar-refractivity contribution in [2.24, 2.45) is 0 Å². The van der Waals surface area contributed by atoms with E-state index < -0.39 is 21.6 Å². The van der Waals surface area contributed by atoms with E-state index in [-0.39, 0.29) is 24.2 Å². The predicted molar refractivity (Wildman–Crippen MR) is 112 cm³/mol. The van der Waals surface area contributed by atoms with Gasteiger partial charge in [-0.2, -0.15) is 4.31 Å². The van der Waals surface area contributed by atoms with Crippen LogP contribution in [-0.4, -0.2) is 66.2 Å². The Labute approximate surface area is 176 Å². The molecule has 2 heterocycles. The molecule has 2 aliphatic heterocycles. The second kappa shape index (κ2) is 7.44. The Kier molecular flexibility index (Phi) is 5.20.